The first-order valence-electron chi connectivity index (χ1n) is 9.79. The van der Waals surface area contributed by atoms with Crippen LogP contribution in [0.15, 0.2) is 36.4 Å². The lowest BCUT2D eigenvalue weighted by atomic mass is 10.1. The van der Waals surface area contributed by atoms with Crippen molar-refractivity contribution in [3.63, 3.8) is 0 Å². The maximum Gasteiger partial charge on any atom is 0.337 e. The molecule has 0 saturated carbocycles. The number of halogens is 3. The second-order valence-corrected chi connectivity index (χ2v) is 8.42. The highest BCUT2D eigenvalue weighted by Crippen LogP contribution is 2.35. The van der Waals surface area contributed by atoms with E-state index in [-0.39, 0.29) is 51.8 Å². The number of carboxylic acids is 1. The SMILES string of the molecule is C[C@@H]1CN(Cc2ccc(F)cc2)[C@@H](C)CN1C(=O)COc1c(Cl)ccc(C(=O)O)c1Cl. The fraction of sp³-hybridized carbons (Fsp3) is 0.364. The quantitative estimate of drug-likeness (QED) is 0.682. The van der Waals surface area contributed by atoms with Gasteiger partial charge in [0.25, 0.3) is 5.91 Å². The number of nitrogens with zero attached hydrogens (tertiary/aromatic N) is 2. The monoisotopic (exact) mass is 468 g/mol. The van der Waals surface area contributed by atoms with Gasteiger partial charge in [0.15, 0.2) is 12.4 Å². The summed E-state index contributed by atoms with van der Waals surface area (Å²) < 4.78 is 18.7. The van der Waals surface area contributed by atoms with Gasteiger partial charge in [-0.1, -0.05) is 35.3 Å². The van der Waals surface area contributed by atoms with Gasteiger partial charge < -0.3 is 14.7 Å². The summed E-state index contributed by atoms with van der Waals surface area (Å²) in [5.74, 6) is -1.74. The highest BCUT2D eigenvalue weighted by atomic mass is 35.5. The predicted octanol–water partition coefficient (Wildman–Crippen LogP) is 4.33. The summed E-state index contributed by atoms with van der Waals surface area (Å²) in [5.41, 5.74) is 0.857. The molecule has 2 atom stereocenters. The Balaban J connectivity index is 1.62. The van der Waals surface area contributed by atoms with Crippen molar-refractivity contribution < 1.29 is 23.8 Å². The number of hydrogen-bond acceptors (Lipinski definition) is 4. The van der Waals surface area contributed by atoms with Crippen LogP contribution in [-0.2, 0) is 11.3 Å². The molecule has 6 nitrogen and oxygen atoms in total. The van der Waals surface area contributed by atoms with Crippen LogP contribution >= 0.6 is 23.2 Å². The van der Waals surface area contributed by atoms with Gasteiger partial charge in [-0.2, -0.15) is 0 Å². The molecule has 1 aliphatic rings. The van der Waals surface area contributed by atoms with Crippen LogP contribution in [0, 0.1) is 5.82 Å². The molecule has 3 rings (SSSR count). The summed E-state index contributed by atoms with van der Waals surface area (Å²) in [5, 5.41) is 9.18. The van der Waals surface area contributed by atoms with Gasteiger partial charge in [-0.05, 0) is 43.7 Å². The third-order valence-electron chi connectivity index (χ3n) is 5.35. The molecule has 0 unspecified atom stereocenters. The Kier molecular flexibility index (Phi) is 7.41. The fourth-order valence-electron chi connectivity index (χ4n) is 3.64. The first-order chi connectivity index (χ1) is 14.7. The van der Waals surface area contributed by atoms with Crippen LogP contribution < -0.4 is 4.74 Å². The Morgan fingerprint density at radius 2 is 1.77 bits per heavy atom. The van der Waals surface area contributed by atoms with Crippen LogP contribution in [0.2, 0.25) is 10.0 Å². The highest BCUT2D eigenvalue weighted by Gasteiger charge is 2.32. The van der Waals surface area contributed by atoms with Gasteiger partial charge in [-0.3, -0.25) is 9.69 Å². The fourth-order valence-corrected chi connectivity index (χ4v) is 4.20. The van der Waals surface area contributed by atoms with Gasteiger partial charge in [0.2, 0.25) is 0 Å². The Morgan fingerprint density at radius 3 is 2.42 bits per heavy atom. The lowest BCUT2D eigenvalue weighted by Crippen LogP contribution is -2.58. The Labute approximate surface area is 190 Å². The van der Waals surface area contributed by atoms with Crippen molar-refractivity contribution in [2.24, 2.45) is 0 Å². The summed E-state index contributed by atoms with van der Waals surface area (Å²) >= 11 is 12.2. The summed E-state index contributed by atoms with van der Waals surface area (Å²) in [4.78, 5) is 28.0. The first kappa shape index (κ1) is 23.3. The maximum atomic E-state index is 13.1. The molecule has 0 aliphatic carbocycles. The van der Waals surface area contributed by atoms with E-state index in [9.17, 15) is 19.1 Å². The number of aromatic carboxylic acids is 1. The minimum atomic E-state index is -1.21. The zero-order chi connectivity index (χ0) is 22.7. The number of benzene rings is 2. The molecule has 1 saturated heterocycles. The van der Waals surface area contributed by atoms with Gasteiger partial charge >= 0.3 is 5.97 Å². The Hall–Kier alpha value is -2.35. The normalized spacial score (nSPS) is 19.3. The summed E-state index contributed by atoms with van der Waals surface area (Å²) in [6.45, 7) is 5.49. The van der Waals surface area contributed by atoms with Crippen LogP contribution in [0.25, 0.3) is 0 Å². The van der Waals surface area contributed by atoms with Crippen LogP contribution in [0.4, 0.5) is 4.39 Å². The third kappa shape index (κ3) is 5.47. The number of carboxylic acid groups (broad SMARTS) is 1. The van der Waals surface area contributed by atoms with Gasteiger partial charge in [0, 0.05) is 31.7 Å². The molecule has 0 spiro atoms. The van der Waals surface area contributed by atoms with E-state index in [1.165, 1.54) is 24.3 Å². The van der Waals surface area contributed by atoms with E-state index < -0.39 is 5.97 Å². The van der Waals surface area contributed by atoms with Crippen LogP contribution in [-0.4, -0.2) is 58.6 Å². The molecule has 0 bridgehead atoms. The molecule has 2 aromatic carbocycles. The minimum absolute atomic E-state index is 0.0211. The van der Waals surface area contributed by atoms with Crippen LogP contribution in [0.1, 0.15) is 29.8 Å². The van der Waals surface area contributed by atoms with Gasteiger partial charge in [-0.15, -0.1) is 0 Å². The Bertz CT molecular complexity index is 971. The van der Waals surface area contributed by atoms with E-state index >= 15 is 0 Å². The van der Waals surface area contributed by atoms with Gasteiger partial charge in [-0.25, -0.2) is 9.18 Å². The minimum Gasteiger partial charge on any atom is -0.481 e. The molecule has 166 valence electrons. The summed E-state index contributed by atoms with van der Waals surface area (Å²) in [7, 11) is 0. The number of hydrogen-bond donors (Lipinski definition) is 1. The molecule has 1 aliphatic heterocycles. The lowest BCUT2D eigenvalue weighted by molar-refractivity contribution is -0.139. The van der Waals surface area contributed by atoms with Crippen LogP contribution in [0.3, 0.4) is 0 Å². The van der Waals surface area contributed by atoms with Gasteiger partial charge in [0.05, 0.1) is 15.6 Å². The van der Waals surface area contributed by atoms with Crippen LogP contribution in [0.5, 0.6) is 5.75 Å². The first-order valence-corrected chi connectivity index (χ1v) is 10.5. The van der Waals surface area contributed by atoms with E-state index in [0.717, 1.165) is 5.56 Å². The van der Waals surface area contributed by atoms with Crippen molar-refractivity contribution in [3.05, 3.63) is 63.4 Å². The topological polar surface area (TPSA) is 70.1 Å². The molecule has 0 radical (unpaired) electrons. The maximum absolute atomic E-state index is 13.1. The third-order valence-corrected chi connectivity index (χ3v) is 6.03. The Morgan fingerprint density at radius 1 is 1.10 bits per heavy atom. The average molecular weight is 469 g/mol. The van der Waals surface area contributed by atoms with Crippen molar-refractivity contribution >= 4 is 35.1 Å². The number of carbonyl (C=O) groups excluding carboxylic acids is 1. The molecular weight excluding hydrogens is 446 g/mol. The standard InChI is InChI=1S/C22H23Cl2FN2O4/c1-13-10-27(14(2)9-26(13)11-15-3-5-16(25)6-4-15)19(28)12-31-21-18(23)8-7-17(20(21)24)22(29)30/h3-8,13-14H,9-12H2,1-2H3,(H,29,30)/t13-,14+/m0/s1. The largest absolute Gasteiger partial charge is 0.481 e. The summed E-state index contributed by atoms with van der Waals surface area (Å²) in [6.07, 6.45) is 0. The van der Waals surface area contributed by atoms with E-state index in [1.54, 1.807) is 17.0 Å². The van der Waals surface area contributed by atoms with E-state index in [0.29, 0.717) is 19.6 Å². The smallest absolute Gasteiger partial charge is 0.337 e. The molecule has 1 heterocycles. The zero-order valence-electron chi connectivity index (χ0n) is 17.1. The van der Waals surface area contributed by atoms with E-state index in [2.05, 4.69) is 4.90 Å². The van der Waals surface area contributed by atoms with E-state index in [1.807, 2.05) is 13.8 Å². The van der Waals surface area contributed by atoms with Crippen molar-refractivity contribution in [3.8, 4) is 5.75 Å². The molecule has 9 heteroatoms. The lowest BCUT2D eigenvalue weighted by Gasteiger charge is -2.44. The molecule has 31 heavy (non-hydrogen) atoms. The number of rotatable bonds is 6. The van der Waals surface area contributed by atoms with Crippen molar-refractivity contribution in [2.45, 2.75) is 32.5 Å². The second kappa shape index (κ2) is 9.85. The average Bonchev–Trinajstić information content (AvgIpc) is 2.71. The zero-order valence-corrected chi connectivity index (χ0v) is 18.7. The molecule has 1 N–H and O–H groups in total. The summed E-state index contributed by atoms with van der Waals surface area (Å²) in [6, 6.07) is 9.08. The molecule has 2 aromatic rings. The number of piperazine rings is 1. The second-order valence-electron chi connectivity index (χ2n) is 7.63. The predicted molar refractivity (Wildman–Crippen MR) is 116 cm³/mol. The van der Waals surface area contributed by atoms with Crippen molar-refractivity contribution in [1.82, 2.24) is 9.80 Å². The van der Waals surface area contributed by atoms with Gasteiger partial charge in [0.1, 0.15) is 5.82 Å². The molecule has 1 amide bonds. The van der Waals surface area contributed by atoms with Crippen molar-refractivity contribution in [1.29, 1.82) is 0 Å². The molecule has 1 fully saturated rings. The molecular formula is C22H23Cl2FN2O4. The highest BCUT2D eigenvalue weighted by molar-refractivity contribution is 6.39. The molecule has 0 aromatic heterocycles. The number of ether oxygens (including phenoxy) is 1. The number of amides is 1. The number of carbonyl (C=O) groups is 2. The van der Waals surface area contributed by atoms with E-state index in [4.69, 9.17) is 27.9 Å². The van der Waals surface area contributed by atoms with Crippen molar-refractivity contribution in [2.75, 3.05) is 19.7 Å².